The minimum atomic E-state index is 0.650. The predicted octanol–water partition coefficient (Wildman–Crippen LogP) is 15.3. The van der Waals surface area contributed by atoms with Gasteiger partial charge in [-0.05, 0) is 60.7 Å². The van der Waals surface area contributed by atoms with Crippen LogP contribution in [0.25, 0.3) is 131 Å². The summed E-state index contributed by atoms with van der Waals surface area (Å²) in [4.78, 5) is 15.2. The molecule has 0 aliphatic heterocycles. The van der Waals surface area contributed by atoms with Crippen LogP contribution in [-0.2, 0) is 0 Å². The van der Waals surface area contributed by atoms with Gasteiger partial charge in [0.25, 0.3) is 0 Å². The number of furan rings is 1. The van der Waals surface area contributed by atoms with E-state index in [-0.39, 0.29) is 0 Å². The Labute approximate surface area is 369 Å². The van der Waals surface area contributed by atoms with Crippen molar-refractivity contribution in [1.29, 1.82) is 0 Å². The molecule has 14 rings (SSSR count). The maximum Gasteiger partial charge on any atom is 0.165 e. The van der Waals surface area contributed by atoms with Crippen molar-refractivity contribution in [2.24, 2.45) is 0 Å². The van der Waals surface area contributed by atoms with Crippen LogP contribution in [0, 0.1) is 0 Å². The first-order valence-corrected chi connectivity index (χ1v) is 22.3. The molecular weight excluding hydrogens is 803 g/mol. The van der Waals surface area contributed by atoms with Gasteiger partial charge in [-0.25, -0.2) is 15.0 Å². The molecule has 7 heteroatoms. The average Bonchev–Trinajstić information content (AvgIpc) is 4.12. The Hall–Kier alpha value is -8.39. The second-order valence-electron chi connectivity index (χ2n) is 16.3. The summed E-state index contributed by atoms with van der Waals surface area (Å²) in [6.45, 7) is 0. The SMILES string of the molecule is c1ccc(-c2nc(-c3ccccc3)nc(-c3cccc4c3sc3c(-n5c6ccccc6c6cc(-n7c8ccccc8c8c9oc%10ccccc%10c9ccc87)ccc65)cccc34)n2)cc1. The highest BCUT2D eigenvalue weighted by molar-refractivity contribution is 7.26. The van der Waals surface area contributed by atoms with Gasteiger partial charge >= 0.3 is 0 Å². The molecule has 0 aliphatic rings. The molecule has 5 heterocycles. The summed E-state index contributed by atoms with van der Waals surface area (Å²) in [6, 6.07) is 70.7. The van der Waals surface area contributed by atoms with Crippen molar-refractivity contribution in [3.63, 3.8) is 0 Å². The van der Waals surface area contributed by atoms with Gasteiger partial charge in [0.05, 0.1) is 37.8 Å². The van der Waals surface area contributed by atoms with Gasteiger partial charge in [0.15, 0.2) is 17.5 Å². The van der Waals surface area contributed by atoms with Gasteiger partial charge in [0.1, 0.15) is 11.2 Å². The van der Waals surface area contributed by atoms with Crippen LogP contribution >= 0.6 is 11.3 Å². The predicted molar refractivity (Wildman–Crippen MR) is 265 cm³/mol. The average molecular weight is 836 g/mol. The van der Waals surface area contributed by atoms with Crippen LogP contribution in [0.5, 0.6) is 0 Å². The molecule has 6 nitrogen and oxygen atoms in total. The van der Waals surface area contributed by atoms with E-state index in [2.05, 4.69) is 167 Å². The minimum absolute atomic E-state index is 0.650. The van der Waals surface area contributed by atoms with E-state index >= 15 is 0 Å². The molecule has 0 atom stereocenters. The smallest absolute Gasteiger partial charge is 0.165 e. The molecule has 0 aliphatic carbocycles. The second kappa shape index (κ2) is 13.6. The van der Waals surface area contributed by atoms with Gasteiger partial charge in [-0.15, -0.1) is 11.3 Å². The molecular formula is C57H33N5OS. The monoisotopic (exact) mass is 835 g/mol. The number of para-hydroxylation sites is 3. The zero-order valence-electron chi connectivity index (χ0n) is 34.1. The fraction of sp³-hybridized carbons (Fsp3) is 0. The minimum Gasteiger partial charge on any atom is -0.455 e. The van der Waals surface area contributed by atoms with Crippen LogP contribution in [0.2, 0.25) is 0 Å². The van der Waals surface area contributed by atoms with Crippen molar-refractivity contribution >= 4 is 97.1 Å². The van der Waals surface area contributed by atoms with E-state index in [1.54, 1.807) is 11.3 Å². The third kappa shape index (κ3) is 5.10. The van der Waals surface area contributed by atoms with Crippen LogP contribution in [-0.4, -0.2) is 24.1 Å². The van der Waals surface area contributed by atoms with Gasteiger partial charge < -0.3 is 13.6 Å². The Morgan fingerprint density at radius 2 is 0.953 bits per heavy atom. The molecule has 0 N–H and O–H groups in total. The Kier molecular flexibility index (Phi) is 7.46. The summed E-state index contributed by atoms with van der Waals surface area (Å²) in [5.41, 5.74) is 11.5. The van der Waals surface area contributed by atoms with Gasteiger partial charge in [-0.3, -0.25) is 0 Å². The molecule has 0 radical (unpaired) electrons. The maximum absolute atomic E-state index is 6.61. The highest BCUT2D eigenvalue weighted by atomic mass is 32.1. The van der Waals surface area contributed by atoms with Crippen molar-refractivity contribution in [1.82, 2.24) is 24.1 Å². The van der Waals surface area contributed by atoms with Gasteiger partial charge in [0.2, 0.25) is 0 Å². The molecule has 14 aromatic rings. The first-order valence-electron chi connectivity index (χ1n) is 21.4. The zero-order chi connectivity index (χ0) is 41.9. The van der Waals surface area contributed by atoms with E-state index in [0.29, 0.717) is 17.5 Å². The molecule has 298 valence electrons. The molecule has 0 saturated heterocycles. The van der Waals surface area contributed by atoms with Crippen molar-refractivity contribution in [3.05, 3.63) is 200 Å². The van der Waals surface area contributed by atoms with E-state index in [9.17, 15) is 0 Å². The van der Waals surface area contributed by atoms with Crippen LogP contribution in [0.15, 0.2) is 205 Å². The van der Waals surface area contributed by atoms with Crippen molar-refractivity contribution in [2.45, 2.75) is 0 Å². The zero-order valence-corrected chi connectivity index (χ0v) is 34.9. The fourth-order valence-electron chi connectivity index (χ4n) is 9.96. The molecule has 0 unspecified atom stereocenters. The Morgan fingerprint density at radius 3 is 1.72 bits per heavy atom. The third-order valence-electron chi connectivity index (χ3n) is 12.8. The van der Waals surface area contributed by atoms with Gasteiger partial charge in [0, 0.05) is 64.8 Å². The number of hydrogen-bond acceptors (Lipinski definition) is 5. The van der Waals surface area contributed by atoms with Crippen molar-refractivity contribution in [2.75, 3.05) is 0 Å². The normalized spacial score (nSPS) is 12.1. The second-order valence-corrected chi connectivity index (χ2v) is 17.3. The summed E-state index contributed by atoms with van der Waals surface area (Å²) in [5.74, 6) is 1.95. The molecule has 0 spiro atoms. The van der Waals surface area contributed by atoms with E-state index < -0.39 is 0 Å². The molecule has 5 aromatic heterocycles. The summed E-state index contributed by atoms with van der Waals surface area (Å²) in [5, 5.41) is 9.34. The summed E-state index contributed by atoms with van der Waals surface area (Å²) < 4.78 is 13.8. The molecule has 9 aromatic carbocycles. The van der Waals surface area contributed by atoms with Gasteiger partial charge in [-0.2, -0.15) is 0 Å². The number of thiophene rings is 1. The summed E-state index contributed by atoms with van der Waals surface area (Å²) >= 11 is 1.80. The fourth-order valence-corrected chi connectivity index (χ4v) is 11.3. The van der Waals surface area contributed by atoms with E-state index in [1.165, 1.54) is 31.6 Å². The van der Waals surface area contributed by atoms with Crippen molar-refractivity contribution in [3.8, 4) is 45.5 Å². The topological polar surface area (TPSA) is 61.7 Å². The lowest BCUT2D eigenvalue weighted by Crippen LogP contribution is -2.00. The quantitative estimate of drug-likeness (QED) is 0.173. The van der Waals surface area contributed by atoms with Gasteiger partial charge in [-0.1, -0.05) is 140 Å². The first-order chi connectivity index (χ1) is 31.7. The van der Waals surface area contributed by atoms with E-state index in [0.717, 1.165) is 82.2 Å². The number of rotatable bonds is 5. The van der Waals surface area contributed by atoms with Crippen LogP contribution in [0.3, 0.4) is 0 Å². The number of aromatic nitrogens is 5. The van der Waals surface area contributed by atoms with E-state index in [1.807, 2.05) is 42.5 Å². The Balaban J connectivity index is 0.975. The molecule has 0 bridgehead atoms. The number of nitrogens with zero attached hydrogens (tertiary/aromatic N) is 5. The molecule has 0 saturated carbocycles. The summed E-state index contributed by atoms with van der Waals surface area (Å²) in [6.07, 6.45) is 0. The first kappa shape index (κ1) is 35.2. The van der Waals surface area contributed by atoms with E-state index in [4.69, 9.17) is 19.4 Å². The molecule has 0 amide bonds. The maximum atomic E-state index is 6.61. The number of benzene rings is 9. The molecule has 64 heavy (non-hydrogen) atoms. The summed E-state index contributed by atoms with van der Waals surface area (Å²) in [7, 11) is 0. The highest BCUT2D eigenvalue weighted by Gasteiger charge is 2.22. The van der Waals surface area contributed by atoms with Crippen LogP contribution in [0.1, 0.15) is 0 Å². The lowest BCUT2D eigenvalue weighted by Gasteiger charge is -2.11. The number of fused-ring (bicyclic) bond motifs is 13. The molecule has 0 fully saturated rings. The Morgan fingerprint density at radius 1 is 0.375 bits per heavy atom. The highest BCUT2D eigenvalue weighted by Crippen LogP contribution is 2.45. The standard InChI is InChI=1S/C57H33N5OS/c1-3-15-34(16-4-1)55-58-56(35-17-5-2-6-18-35)60-57(59-55)43-24-13-22-40-41-23-14-27-49(54(41)64-53(40)43)62-45-25-10-7-19-37(45)44-33-36(29-31-47(44)62)61-46-26-11-8-21-42(46)51-48(61)32-30-39-38-20-9-12-28-50(38)63-52(39)51/h1-33H. The number of hydrogen-bond donors (Lipinski definition) is 0. The Bertz CT molecular complexity index is 4140. The lowest BCUT2D eigenvalue weighted by atomic mass is 10.1. The third-order valence-corrected chi connectivity index (χ3v) is 14.1. The lowest BCUT2D eigenvalue weighted by molar-refractivity contribution is 0.673. The largest absolute Gasteiger partial charge is 0.455 e. The van der Waals surface area contributed by atoms with Crippen molar-refractivity contribution < 1.29 is 4.42 Å². The van der Waals surface area contributed by atoms with Crippen LogP contribution < -0.4 is 0 Å². The van der Waals surface area contributed by atoms with Crippen LogP contribution in [0.4, 0.5) is 0 Å².